The molecule has 0 amide bonds. The highest BCUT2D eigenvalue weighted by molar-refractivity contribution is 14.1. The Balaban J connectivity index is 1.28. The molecule has 0 aromatic carbocycles. The number of nitrogens with zero attached hydrogens (tertiary/aromatic N) is 4. The number of aromatic nitrogens is 4. The monoisotopic (exact) mass is 610 g/mol. The van der Waals surface area contributed by atoms with Gasteiger partial charge < -0.3 is 9.47 Å². The van der Waals surface area contributed by atoms with Crippen molar-refractivity contribution in [3.8, 4) is 17.5 Å². The molecule has 35 heavy (non-hydrogen) atoms. The number of rotatable bonds is 9. The highest BCUT2D eigenvalue weighted by Crippen LogP contribution is 2.73. The van der Waals surface area contributed by atoms with Gasteiger partial charge in [0.25, 0.3) is 0 Å². The van der Waals surface area contributed by atoms with Crippen LogP contribution in [0, 0.1) is 39.0 Å². The summed E-state index contributed by atoms with van der Waals surface area (Å²) in [5, 5.41) is 0. The van der Waals surface area contributed by atoms with Gasteiger partial charge in [0, 0.05) is 15.8 Å². The molecule has 0 spiro atoms. The maximum Gasteiger partial charge on any atom is 0.229 e. The Bertz CT molecular complexity index is 1290. The summed E-state index contributed by atoms with van der Waals surface area (Å²) in [5.74, 6) is 2.50. The van der Waals surface area contributed by atoms with Crippen molar-refractivity contribution in [3.63, 3.8) is 0 Å². The average molecular weight is 611 g/mol. The third kappa shape index (κ3) is 4.24. The molecular weight excluding hydrogens is 579 g/mol. The Labute approximate surface area is 220 Å². The van der Waals surface area contributed by atoms with Crippen LogP contribution in [0.15, 0.2) is 17.3 Å². The topological polar surface area (TPSA) is 104 Å². The molecule has 5 rings (SSSR count). The van der Waals surface area contributed by atoms with E-state index in [1.165, 1.54) is 6.33 Å². The zero-order valence-electron chi connectivity index (χ0n) is 20.6. The molecule has 3 aliphatic rings. The Kier molecular flexibility index (Phi) is 6.34. The molecule has 0 aliphatic heterocycles. The predicted octanol–water partition coefficient (Wildman–Crippen LogP) is 5.13. The summed E-state index contributed by atoms with van der Waals surface area (Å²) in [5.41, 5.74) is 2.11. The van der Waals surface area contributed by atoms with Crippen LogP contribution in [0.2, 0.25) is 0 Å². The molecule has 2 fully saturated rings. The Hall–Kier alpha value is -1.82. The van der Waals surface area contributed by atoms with E-state index >= 15 is 0 Å². The summed E-state index contributed by atoms with van der Waals surface area (Å²) in [7, 11) is -3.17. The minimum absolute atomic E-state index is 0.113. The van der Waals surface area contributed by atoms with Crippen molar-refractivity contribution >= 4 is 32.4 Å². The minimum atomic E-state index is -3.17. The van der Waals surface area contributed by atoms with Gasteiger partial charge in [0.15, 0.2) is 15.6 Å². The number of ether oxygens (including phenoxy) is 2. The zero-order valence-corrected chi connectivity index (χ0v) is 23.6. The van der Waals surface area contributed by atoms with Crippen LogP contribution < -0.4 is 9.47 Å². The lowest BCUT2D eigenvalue weighted by atomic mass is 9.79. The molecule has 2 aromatic heterocycles. The fraction of sp³-hybridized carbons (Fsp3) is 0.600. The summed E-state index contributed by atoms with van der Waals surface area (Å²) in [6.07, 6.45) is 8.13. The van der Waals surface area contributed by atoms with Crippen molar-refractivity contribution in [2.45, 2.75) is 71.0 Å². The van der Waals surface area contributed by atoms with Gasteiger partial charge in [-0.05, 0) is 71.1 Å². The number of aryl methyl sites for hydroxylation is 3. The average Bonchev–Trinajstić information content (AvgIpc) is 3.70. The lowest BCUT2D eigenvalue weighted by Gasteiger charge is -2.34. The fourth-order valence-corrected chi connectivity index (χ4v) is 9.62. The van der Waals surface area contributed by atoms with Crippen LogP contribution >= 0.6 is 22.6 Å². The van der Waals surface area contributed by atoms with Gasteiger partial charge in [0.1, 0.15) is 12.2 Å². The van der Waals surface area contributed by atoms with Gasteiger partial charge in [-0.1, -0.05) is 28.7 Å². The second-order valence-corrected chi connectivity index (χ2v) is 13.6. The molecule has 0 N–H and O–H groups in total. The fourth-order valence-electron chi connectivity index (χ4n) is 5.96. The van der Waals surface area contributed by atoms with Crippen molar-refractivity contribution in [1.29, 1.82) is 0 Å². The molecule has 188 valence electrons. The maximum atomic E-state index is 13.2. The van der Waals surface area contributed by atoms with Gasteiger partial charge in [-0.2, -0.15) is 0 Å². The molecule has 2 saturated carbocycles. The lowest BCUT2D eigenvalue weighted by Crippen LogP contribution is -2.37. The van der Waals surface area contributed by atoms with E-state index in [4.69, 9.17) is 9.47 Å². The number of hydrogen-bond acceptors (Lipinski definition) is 8. The third-order valence-corrected chi connectivity index (χ3v) is 11.2. The van der Waals surface area contributed by atoms with E-state index in [1.807, 2.05) is 33.8 Å². The van der Waals surface area contributed by atoms with Crippen LogP contribution in [-0.2, 0) is 9.84 Å². The quantitative estimate of drug-likeness (QED) is 0.285. The maximum absolute atomic E-state index is 13.2. The first-order valence-electron chi connectivity index (χ1n) is 12.1. The summed E-state index contributed by atoms with van der Waals surface area (Å²) < 4.78 is 39.2. The van der Waals surface area contributed by atoms with E-state index in [-0.39, 0.29) is 5.41 Å². The van der Waals surface area contributed by atoms with Crippen LogP contribution in [0.3, 0.4) is 0 Å². The molecule has 0 saturated heterocycles. The van der Waals surface area contributed by atoms with Gasteiger partial charge in [0.2, 0.25) is 11.8 Å². The molecule has 0 bridgehead atoms. The van der Waals surface area contributed by atoms with Crippen molar-refractivity contribution < 1.29 is 17.9 Å². The molecular formula is C25H31IN4O4S. The standard InChI is InChI=1S/C25H31IN4O4S/c1-15-22(27-14-28-23(15)34-21-16(2)29-18(4)30-17(21)3)33-12-19-7-8-25(35(31,32)20-5-6-20)13-24(25,11-19)9-10-26/h5,14,19H,6-13H2,1-4H3/t19-,24?,25?/m0/s1. The molecule has 3 aliphatic carbocycles. The van der Waals surface area contributed by atoms with E-state index in [9.17, 15) is 8.42 Å². The number of allylic oxidation sites excluding steroid dienone is 2. The first-order valence-corrected chi connectivity index (χ1v) is 15.1. The molecule has 3 atom stereocenters. The summed E-state index contributed by atoms with van der Waals surface area (Å²) in [4.78, 5) is 18.1. The Morgan fingerprint density at radius 2 is 1.80 bits per heavy atom. The number of fused-ring (bicyclic) bond motifs is 1. The molecule has 2 unspecified atom stereocenters. The second-order valence-electron chi connectivity index (χ2n) is 10.2. The van der Waals surface area contributed by atoms with Crippen LogP contribution in [0.4, 0.5) is 0 Å². The second kappa shape index (κ2) is 8.93. The predicted molar refractivity (Wildman–Crippen MR) is 141 cm³/mol. The van der Waals surface area contributed by atoms with Crippen LogP contribution in [-0.4, -0.2) is 44.1 Å². The lowest BCUT2D eigenvalue weighted by molar-refractivity contribution is 0.166. The van der Waals surface area contributed by atoms with Crippen LogP contribution in [0.1, 0.15) is 61.3 Å². The number of sulfone groups is 1. The Morgan fingerprint density at radius 1 is 1.11 bits per heavy atom. The van der Waals surface area contributed by atoms with Gasteiger partial charge in [-0.25, -0.2) is 28.4 Å². The molecule has 8 nitrogen and oxygen atoms in total. The van der Waals surface area contributed by atoms with E-state index in [2.05, 4.69) is 42.5 Å². The minimum Gasteiger partial charge on any atom is -0.477 e. The largest absolute Gasteiger partial charge is 0.477 e. The molecule has 2 heterocycles. The smallest absolute Gasteiger partial charge is 0.229 e. The summed E-state index contributed by atoms with van der Waals surface area (Å²) in [6, 6.07) is 0. The normalized spacial score (nSPS) is 27.1. The first kappa shape index (κ1) is 24.9. The summed E-state index contributed by atoms with van der Waals surface area (Å²) >= 11 is 2.37. The molecule has 2 aromatic rings. The van der Waals surface area contributed by atoms with Crippen molar-refractivity contribution in [3.05, 3.63) is 40.1 Å². The van der Waals surface area contributed by atoms with E-state index < -0.39 is 14.6 Å². The van der Waals surface area contributed by atoms with E-state index in [1.54, 1.807) is 0 Å². The molecule has 0 radical (unpaired) electrons. The van der Waals surface area contributed by atoms with Gasteiger partial charge >= 0.3 is 0 Å². The number of hydrogen-bond donors (Lipinski definition) is 0. The van der Waals surface area contributed by atoms with E-state index in [0.29, 0.717) is 52.7 Å². The van der Waals surface area contributed by atoms with Crippen LogP contribution in [0.5, 0.6) is 17.5 Å². The number of alkyl halides is 1. The zero-order chi connectivity index (χ0) is 25.0. The van der Waals surface area contributed by atoms with Crippen molar-refractivity contribution in [2.75, 3.05) is 11.0 Å². The number of halogens is 1. The van der Waals surface area contributed by atoms with Crippen molar-refractivity contribution in [1.82, 2.24) is 19.9 Å². The first-order chi connectivity index (χ1) is 16.6. The summed E-state index contributed by atoms with van der Waals surface area (Å²) in [6.45, 7) is 8.01. The third-order valence-electron chi connectivity index (χ3n) is 7.87. The van der Waals surface area contributed by atoms with Gasteiger partial charge in [-0.3, -0.25) is 0 Å². The van der Waals surface area contributed by atoms with Gasteiger partial charge in [-0.15, -0.1) is 0 Å². The highest BCUT2D eigenvalue weighted by Gasteiger charge is 2.75. The Morgan fingerprint density at radius 3 is 2.46 bits per heavy atom. The SMILES string of the molecule is Cc1nc(C)c(Oc2ncnc(OC[C@H]3CCC4(S(=O)(=O)C5=CC5)CC4(CCI)C3)c2C)c(C)n1. The van der Waals surface area contributed by atoms with Crippen LogP contribution in [0.25, 0.3) is 0 Å². The molecule has 10 heteroatoms. The van der Waals surface area contributed by atoms with Gasteiger partial charge in [0.05, 0.1) is 28.3 Å². The van der Waals surface area contributed by atoms with E-state index in [0.717, 1.165) is 47.9 Å². The van der Waals surface area contributed by atoms with Crippen molar-refractivity contribution in [2.24, 2.45) is 11.3 Å². The highest BCUT2D eigenvalue weighted by atomic mass is 127.